The highest BCUT2D eigenvalue weighted by Crippen LogP contribution is 2.41. The maximum absolute atomic E-state index is 5.53. The molecule has 3 aromatic rings. The lowest BCUT2D eigenvalue weighted by molar-refractivity contribution is -0.0985. The molecule has 1 aromatic carbocycles. The molecule has 3 saturated heterocycles. The van der Waals surface area contributed by atoms with Gasteiger partial charge in [0.15, 0.2) is 0 Å². The number of fused-ring (bicyclic) bond motifs is 1. The number of hydrogen-bond acceptors (Lipinski definition) is 6. The third kappa shape index (κ3) is 3.11. The van der Waals surface area contributed by atoms with E-state index in [1.807, 2.05) is 6.20 Å². The normalized spacial score (nSPS) is 20.7. The Morgan fingerprint density at radius 3 is 2.57 bits per heavy atom. The summed E-state index contributed by atoms with van der Waals surface area (Å²) in [5.74, 6) is 1.05. The van der Waals surface area contributed by atoms with Crippen LogP contribution in [0.1, 0.15) is 6.42 Å². The summed E-state index contributed by atoms with van der Waals surface area (Å²) >= 11 is 0. The number of pyridine rings is 2. The highest BCUT2D eigenvalue weighted by molar-refractivity contribution is 5.94. The highest BCUT2D eigenvalue weighted by atomic mass is 16.5. The van der Waals surface area contributed by atoms with Gasteiger partial charge in [0, 0.05) is 67.5 Å². The lowest BCUT2D eigenvalue weighted by Crippen LogP contribution is -2.44. The van der Waals surface area contributed by atoms with E-state index in [-0.39, 0.29) is 0 Å². The van der Waals surface area contributed by atoms with Crippen LogP contribution >= 0.6 is 0 Å². The molecule has 6 rings (SSSR count). The summed E-state index contributed by atoms with van der Waals surface area (Å²) in [7, 11) is 0. The molecule has 6 nitrogen and oxygen atoms in total. The lowest BCUT2D eigenvalue weighted by Gasteiger charge is -2.38. The number of ether oxygens (including phenoxy) is 1. The molecule has 0 radical (unpaired) electrons. The van der Waals surface area contributed by atoms with E-state index in [0.29, 0.717) is 5.41 Å². The van der Waals surface area contributed by atoms with Crippen LogP contribution in [0.25, 0.3) is 22.2 Å². The summed E-state index contributed by atoms with van der Waals surface area (Å²) in [5.41, 5.74) is 4.75. The first-order chi connectivity index (χ1) is 14.8. The maximum Gasteiger partial charge on any atom is 0.128 e. The second-order valence-electron chi connectivity index (χ2n) is 8.85. The van der Waals surface area contributed by atoms with Gasteiger partial charge in [-0.2, -0.15) is 0 Å². The average molecular weight is 402 g/mol. The van der Waals surface area contributed by atoms with Crippen molar-refractivity contribution in [1.82, 2.24) is 15.3 Å². The first-order valence-electron chi connectivity index (χ1n) is 10.9. The molecule has 2 aromatic heterocycles. The standard InChI is InChI=1S/C24H27N5O/c1-2-4-20-19(3-1)22(29-10-7-24(15-29)16-30-17-24)13-21(27-20)18-5-6-23(26-14-18)28-11-8-25-9-12-28/h1-6,13-14,25H,7-12,15-17H2. The van der Waals surface area contributed by atoms with Gasteiger partial charge in [-0.1, -0.05) is 18.2 Å². The van der Waals surface area contributed by atoms with Crippen LogP contribution in [0.3, 0.4) is 0 Å². The van der Waals surface area contributed by atoms with Crippen molar-refractivity contribution in [2.75, 3.05) is 62.3 Å². The molecule has 0 saturated carbocycles. The zero-order valence-corrected chi connectivity index (χ0v) is 17.2. The van der Waals surface area contributed by atoms with Crippen molar-refractivity contribution in [3.8, 4) is 11.3 Å². The number of piperazine rings is 1. The minimum atomic E-state index is 0.358. The van der Waals surface area contributed by atoms with Gasteiger partial charge in [-0.05, 0) is 30.7 Å². The van der Waals surface area contributed by atoms with E-state index in [4.69, 9.17) is 14.7 Å². The molecule has 1 spiro atoms. The molecule has 3 aliphatic rings. The zero-order chi connectivity index (χ0) is 20.0. The number of para-hydroxylation sites is 1. The minimum absolute atomic E-state index is 0.358. The first-order valence-corrected chi connectivity index (χ1v) is 10.9. The maximum atomic E-state index is 5.53. The second kappa shape index (κ2) is 7.22. The molecule has 1 N–H and O–H groups in total. The molecule has 154 valence electrons. The summed E-state index contributed by atoms with van der Waals surface area (Å²) < 4.78 is 5.53. The lowest BCUT2D eigenvalue weighted by atomic mass is 9.85. The van der Waals surface area contributed by atoms with Crippen LogP contribution in [-0.2, 0) is 4.74 Å². The Hall–Kier alpha value is -2.70. The van der Waals surface area contributed by atoms with E-state index in [1.165, 1.54) is 17.5 Å². The van der Waals surface area contributed by atoms with Gasteiger partial charge in [0.05, 0.1) is 24.4 Å². The highest BCUT2D eigenvalue weighted by Gasteiger charge is 2.44. The van der Waals surface area contributed by atoms with Gasteiger partial charge in [-0.3, -0.25) is 0 Å². The molecule has 0 aliphatic carbocycles. The summed E-state index contributed by atoms with van der Waals surface area (Å²) in [6.07, 6.45) is 3.18. The molecule has 6 heteroatoms. The summed E-state index contributed by atoms with van der Waals surface area (Å²) in [5, 5.41) is 4.62. The average Bonchev–Trinajstić information content (AvgIpc) is 3.26. The predicted octanol–water partition coefficient (Wildman–Crippen LogP) is 2.93. The topological polar surface area (TPSA) is 53.5 Å². The van der Waals surface area contributed by atoms with Crippen LogP contribution < -0.4 is 15.1 Å². The van der Waals surface area contributed by atoms with Crippen molar-refractivity contribution in [1.29, 1.82) is 0 Å². The van der Waals surface area contributed by atoms with Gasteiger partial charge in [-0.25, -0.2) is 9.97 Å². The van der Waals surface area contributed by atoms with E-state index < -0.39 is 0 Å². The van der Waals surface area contributed by atoms with E-state index in [9.17, 15) is 0 Å². The summed E-state index contributed by atoms with van der Waals surface area (Å²) in [4.78, 5) is 14.6. The fourth-order valence-electron chi connectivity index (χ4n) is 4.95. The molecule has 0 unspecified atom stereocenters. The largest absolute Gasteiger partial charge is 0.380 e. The Morgan fingerprint density at radius 2 is 1.83 bits per heavy atom. The van der Waals surface area contributed by atoms with Crippen molar-refractivity contribution < 1.29 is 4.74 Å². The van der Waals surface area contributed by atoms with Crippen molar-refractivity contribution in [2.45, 2.75) is 6.42 Å². The van der Waals surface area contributed by atoms with Crippen LogP contribution in [0, 0.1) is 5.41 Å². The number of rotatable bonds is 3. The molecule has 3 fully saturated rings. The van der Waals surface area contributed by atoms with Crippen LogP contribution in [0.4, 0.5) is 11.5 Å². The van der Waals surface area contributed by atoms with Gasteiger partial charge >= 0.3 is 0 Å². The van der Waals surface area contributed by atoms with Crippen LogP contribution in [0.15, 0.2) is 48.7 Å². The first kappa shape index (κ1) is 18.1. The van der Waals surface area contributed by atoms with E-state index >= 15 is 0 Å². The molecule has 30 heavy (non-hydrogen) atoms. The molecule has 0 bridgehead atoms. The number of hydrogen-bond donors (Lipinski definition) is 1. The van der Waals surface area contributed by atoms with E-state index in [1.54, 1.807) is 0 Å². The zero-order valence-electron chi connectivity index (χ0n) is 17.2. The van der Waals surface area contributed by atoms with E-state index in [2.05, 4.69) is 57.6 Å². The van der Waals surface area contributed by atoms with Gasteiger partial charge in [-0.15, -0.1) is 0 Å². The third-order valence-electron chi connectivity index (χ3n) is 6.77. The van der Waals surface area contributed by atoms with Gasteiger partial charge in [0.25, 0.3) is 0 Å². The number of anilines is 2. The second-order valence-corrected chi connectivity index (χ2v) is 8.85. The Morgan fingerprint density at radius 1 is 0.967 bits per heavy atom. The summed E-state index contributed by atoms with van der Waals surface area (Å²) in [6, 6.07) is 15.0. The van der Waals surface area contributed by atoms with Crippen molar-refractivity contribution in [3.05, 3.63) is 48.7 Å². The van der Waals surface area contributed by atoms with Crippen molar-refractivity contribution in [2.24, 2.45) is 5.41 Å². The molecular formula is C24H27N5O. The van der Waals surface area contributed by atoms with Gasteiger partial charge in [0.1, 0.15) is 5.82 Å². The number of nitrogens with zero attached hydrogens (tertiary/aromatic N) is 4. The Kier molecular flexibility index (Phi) is 4.35. The minimum Gasteiger partial charge on any atom is -0.380 e. The SMILES string of the molecule is c1ccc2c(N3CCC4(COC4)C3)cc(-c3ccc(N4CCNCC4)nc3)nc2c1. The van der Waals surface area contributed by atoms with Crippen LogP contribution in [-0.4, -0.2) is 62.5 Å². The fourth-order valence-corrected chi connectivity index (χ4v) is 4.95. The fraction of sp³-hybridized carbons (Fsp3) is 0.417. The number of aromatic nitrogens is 2. The van der Waals surface area contributed by atoms with Gasteiger partial charge < -0.3 is 19.9 Å². The molecule has 0 amide bonds. The number of benzene rings is 1. The van der Waals surface area contributed by atoms with Gasteiger partial charge in [0.2, 0.25) is 0 Å². The van der Waals surface area contributed by atoms with E-state index in [0.717, 1.165) is 75.1 Å². The number of nitrogens with one attached hydrogen (secondary N) is 1. The van der Waals surface area contributed by atoms with Crippen LogP contribution in [0.5, 0.6) is 0 Å². The Bertz CT molecular complexity index is 1060. The van der Waals surface area contributed by atoms with Crippen molar-refractivity contribution in [3.63, 3.8) is 0 Å². The molecular weight excluding hydrogens is 374 g/mol. The molecule has 3 aliphatic heterocycles. The third-order valence-corrected chi connectivity index (χ3v) is 6.77. The van der Waals surface area contributed by atoms with Crippen LogP contribution in [0.2, 0.25) is 0 Å². The summed E-state index contributed by atoms with van der Waals surface area (Å²) in [6.45, 7) is 7.99. The van der Waals surface area contributed by atoms with Crippen molar-refractivity contribution >= 4 is 22.4 Å². The monoisotopic (exact) mass is 401 g/mol. The Labute approximate surface area is 176 Å². The molecule has 0 atom stereocenters. The predicted molar refractivity (Wildman–Crippen MR) is 120 cm³/mol. The quantitative estimate of drug-likeness (QED) is 0.728. The molecule has 5 heterocycles. The smallest absolute Gasteiger partial charge is 0.128 e. The Balaban J connectivity index is 1.35.